The lowest BCUT2D eigenvalue weighted by Crippen LogP contribution is -2.03. The molecule has 1 aromatic heterocycles. The van der Waals surface area contributed by atoms with Gasteiger partial charge in [0.25, 0.3) is 0 Å². The van der Waals surface area contributed by atoms with E-state index in [1.165, 1.54) is 0 Å². The predicted octanol–water partition coefficient (Wildman–Crippen LogP) is 4.19. The fourth-order valence-corrected chi connectivity index (χ4v) is 2.36. The molecule has 0 fully saturated rings. The minimum Gasteiger partial charge on any atom is -0.378 e. The third-order valence-electron chi connectivity index (χ3n) is 2.92. The number of para-hydroxylation sites is 1. The standard InChI is InChI=1S/C15H12Cl2N4/c16-11-6-7-15(14(17)8-11)18-9-12-10-19-21(20-12)13-4-2-1-3-5-13/h1-8,10,18H,9H2. The van der Waals surface area contributed by atoms with Gasteiger partial charge in [0.05, 0.1) is 29.1 Å². The van der Waals surface area contributed by atoms with Crippen LogP contribution in [-0.2, 0) is 6.54 Å². The second-order valence-corrected chi connectivity index (χ2v) is 5.28. The molecule has 2 aromatic carbocycles. The van der Waals surface area contributed by atoms with Crippen LogP contribution in [0.1, 0.15) is 5.69 Å². The molecule has 3 rings (SSSR count). The van der Waals surface area contributed by atoms with E-state index in [-0.39, 0.29) is 0 Å². The zero-order chi connectivity index (χ0) is 14.7. The van der Waals surface area contributed by atoms with Crippen LogP contribution < -0.4 is 5.32 Å². The SMILES string of the molecule is Clc1ccc(NCc2cnn(-c3ccccc3)n2)c(Cl)c1. The van der Waals surface area contributed by atoms with Crippen molar-refractivity contribution in [3.8, 4) is 5.69 Å². The third kappa shape index (κ3) is 3.35. The van der Waals surface area contributed by atoms with Gasteiger partial charge in [-0.2, -0.15) is 15.0 Å². The van der Waals surface area contributed by atoms with Crippen molar-refractivity contribution in [2.75, 3.05) is 5.32 Å². The lowest BCUT2D eigenvalue weighted by atomic mass is 10.3. The third-order valence-corrected chi connectivity index (χ3v) is 3.47. The highest BCUT2D eigenvalue weighted by Gasteiger charge is 2.04. The number of benzene rings is 2. The number of hydrogen-bond acceptors (Lipinski definition) is 3. The molecular weight excluding hydrogens is 307 g/mol. The number of rotatable bonds is 4. The van der Waals surface area contributed by atoms with Gasteiger partial charge in [-0.3, -0.25) is 0 Å². The van der Waals surface area contributed by atoms with Gasteiger partial charge in [-0.1, -0.05) is 41.4 Å². The molecule has 1 N–H and O–H groups in total. The summed E-state index contributed by atoms with van der Waals surface area (Å²) in [4.78, 5) is 1.60. The minimum atomic E-state index is 0.536. The van der Waals surface area contributed by atoms with Crippen LogP contribution >= 0.6 is 23.2 Å². The first-order chi connectivity index (χ1) is 10.2. The second kappa shape index (κ2) is 6.16. The number of nitrogens with zero attached hydrogens (tertiary/aromatic N) is 3. The van der Waals surface area contributed by atoms with Crippen molar-refractivity contribution in [3.05, 3.63) is 70.5 Å². The molecule has 1 heterocycles. The summed E-state index contributed by atoms with van der Waals surface area (Å²) in [5, 5.41) is 13.1. The Morgan fingerprint density at radius 3 is 2.62 bits per heavy atom. The van der Waals surface area contributed by atoms with Crippen molar-refractivity contribution in [3.63, 3.8) is 0 Å². The summed E-state index contributed by atoms with van der Waals surface area (Å²) in [6, 6.07) is 15.1. The molecule has 6 heteroatoms. The quantitative estimate of drug-likeness (QED) is 0.784. The first-order valence-corrected chi connectivity index (χ1v) is 7.13. The number of halogens is 2. The van der Waals surface area contributed by atoms with Crippen LogP contribution in [-0.4, -0.2) is 15.0 Å². The Morgan fingerprint density at radius 1 is 1.05 bits per heavy atom. The Balaban J connectivity index is 1.70. The highest BCUT2D eigenvalue weighted by molar-refractivity contribution is 6.36. The van der Waals surface area contributed by atoms with Gasteiger partial charge in [0.1, 0.15) is 5.69 Å². The maximum absolute atomic E-state index is 6.11. The molecule has 0 spiro atoms. The lowest BCUT2D eigenvalue weighted by molar-refractivity contribution is 0.740. The van der Waals surface area contributed by atoms with Crippen molar-refractivity contribution < 1.29 is 0 Å². The fraction of sp³-hybridized carbons (Fsp3) is 0.0667. The Labute approximate surface area is 132 Å². The van der Waals surface area contributed by atoms with Crippen LogP contribution in [0, 0.1) is 0 Å². The van der Waals surface area contributed by atoms with E-state index in [0.717, 1.165) is 17.1 Å². The number of aromatic nitrogens is 3. The molecule has 0 unspecified atom stereocenters. The fourth-order valence-electron chi connectivity index (χ4n) is 1.88. The summed E-state index contributed by atoms with van der Waals surface area (Å²) < 4.78 is 0. The summed E-state index contributed by atoms with van der Waals surface area (Å²) in [6.45, 7) is 0.536. The number of anilines is 1. The molecule has 0 atom stereocenters. The zero-order valence-corrected chi connectivity index (χ0v) is 12.5. The summed E-state index contributed by atoms with van der Waals surface area (Å²) in [5.74, 6) is 0. The summed E-state index contributed by atoms with van der Waals surface area (Å²) in [5.41, 5.74) is 2.56. The maximum atomic E-state index is 6.11. The smallest absolute Gasteiger partial charge is 0.102 e. The molecule has 0 bridgehead atoms. The average molecular weight is 319 g/mol. The topological polar surface area (TPSA) is 42.7 Å². The first-order valence-electron chi connectivity index (χ1n) is 6.38. The maximum Gasteiger partial charge on any atom is 0.102 e. The largest absolute Gasteiger partial charge is 0.378 e. The molecular formula is C15H12Cl2N4. The minimum absolute atomic E-state index is 0.536. The summed E-state index contributed by atoms with van der Waals surface area (Å²) in [7, 11) is 0. The zero-order valence-electron chi connectivity index (χ0n) is 11.0. The van der Waals surface area contributed by atoms with Gasteiger partial charge in [0.15, 0.2) is 0 Å². The number of hydrogen-bond donors (Lipinski definition) is 1. The lowest BCUT2D eigenvalue weighted by Gasteiger charge is -2.06. The Morgan fingerprint density at radius 2 is 1.86 bits per heavy atom. The summed E-state index contributed by atoms with van der Waals surface area (Å²) in [6.07, 6.45) is 1.73. The van der Waals surface area contributed by atoms with E-state index in [4.69, 9.17) is 23.2 Å². The van der Waals surface area contributed by atoms with Crippen LogP contribution in [0.3, 0.4) is 0 Å². The molecule has 0 radical (unpaired) electrons. The van der Waals surface area contributed by atoms with Gasteiger partial charge in [0, 0.05) is 5.02 Å². The Bertz CT molecular complexity index is 740. The molecule has 3 aromatic rings. The van der Waals surface area contributed by atoms with E-state index in [9.17, 15) is 0 Å². The van der Waals surface area contributed by atoms with Gasteiger partial charge >= 0.3 is 0 Å². The van der Waals surface area contributed by atoms with Gasteiger partial charge in [0.2, 0.25) is 0 Å². The first kappa shape index (κ1) is 13.9. The van der Waals surface area contributed by atoms with Gasteiger partial charge < -0.3 is 5.32 Å². The highest BCUT2D eigenvalue weighted by Crippen LogP contribution is 2.25. The van der Waals surface area contributed by atoms with Crippen molar-refractivity contribution in [1.82, 2.24) is 15.0 Å². The van der Waals surface area contributed by atoms with E-state index < -0.39 is 0 Å². The van der Waals surface area contributed by atoms with Crippen LogP contribution in [0.25, 0.3) is 5.69 Å². The van der Waals surface area contributed by atoms with Crippen LogP contribution in [0.4, 0.5) is 5.69 Å². The van der Waals surface area contributed by atoms with Gasteiger partial charge in [-0.05, 0) is 30.3 Å². The van der Waals surface area contributed by atoms with Crippen molar-refractivity contribution >= 4 is 28.9 Å². The van der Waals surface area contributed by atoms with Gasteiger partial charge in [-0.15, -0.1) is 0 Å². The molecule has 0 aliphatic rings. The van der Waals surface area contributed by atoms with Crippen molar-refractivity contribution in [1.29, 1.82) is 0 Å². The predicted molar refractivity (Wildman–Crippen MR) is 85.1 cm³/mol. The molecule has 0 amide bonds. The molecule has 21 heavy (non-hydrogen) atoms. The Kier molecular flexibility index (Phi) is 4.08. The van der Waals surface area contributed by atoms with Crippen molar-refractivity contribution in [2.24, 2.45) is 0 Å². The monoisotopic (exact) mass is 318 g/mol. The molecule has 4 nitrogen and oxygen atoms in total. The van der Waals surface area contributed by atoms with E-state index in [1.807, 2.05) is 36.4 Å². The van der Waals surface area contributed by atoms with Crippen LogP contribution in [0.2, 0.25) is 10.0 Å². The number of nitrogens with one attached hydrogen (secondary N) is 1. The second-order valence-electron chi connectivity index (χ2n) is 4.44. The molecule has 0 saturated carbocycles. The van der Waals surface area contributed by atoms with Crippen LogP contribution in [0.15, 0.2) is 54.7 Å². The molecule has 106 valence electrons. The highest BCUT2D eigenvalue weighted by atomic mass is 35.5. The average Bonchev–Trinajstić information content (AvgIpc) is 2.96. The van der Waals surface area contributed by atoms with Crippen molar-refractivity contribution in [2.45, 2.75) is 6.54 Å². The van der Waals surface area contributed by atoms with Gasteiger partial charge in [-0.25, -0.2) is 0 Å². The Hall–Kier alpha value is -2.04. The molecule has 0 aliphatic heterocycles. The normalized spacial score (nSPS) is 10.6. The van der Waals surface area contributed by atoms with E-state index in [1.54, 1.807) is 23.1 Å². The molecule has 0 aliphatic carbocycles. The molecule has 0 saturated heterocycles. The van der Waals surface area contributed by atoms with E-state index in [0.29, 0.717) is 16.6 Å². The van der Waals surface area contributed by atoms with E-state index >= 15 is 0 Å². The van der Waals surface area contributed by atoms with Crippen LogP contribution in [0.5, 0.6) is 0 Å². The summed E-state index contributed by atoms with van der Waals surface area (Å²) >= 11 is 12.0. The van der Waals surface area contributed by atoms with E-state index in [2.05, 4.69) is 15.5 Å².